The fraction of sp³-hybridized carbons (Fsp3) is 1.00. The maximum atomic E-state index is 2.21. The van der Waals surface area contributed by atoms with Crippen LogP contribution < -0.4 is 0 Å². The van der Waals surface area contributed by atoms with Gasteiger partial charge < -0.3 is 0 Å². The van der Waals surface area contributed by atoms with E-state index in [4.69, 9.17) is 0 Å². The molecule has 0 atom stereocenters. The van der Waals surface area contributed by atoms with E-state index in [2.05, 4.69) is 13.8 Å². The van der Waals surface area contributed by atoms with Gasteiger partial charge in [0.1, 0.15) is 0 Å². The molecule has 0 aliphatic carbocycles. The molecule has 0 amide bonds. The number of hydrogen-bond acceptors (Lipinski definition) is 0. The number of unbranched alkanes of at least 4 members (excludes halogenated alkanes) is 2. The summed E-state index contributed by atoms with van der Waals surface area (Å²) in [4.78, 5) is 0. The van der Waals surface area contributed by atoms with Gasteiger partial charge in [0.2, 0.25) is 0 Å². The first-order valence-corrected chi connectivity index (χ1v) is 2.41. The molecule has 0 aromatic carbocycles. The van der Waals surface area contributed by atoms with Gasteiger partial charge in [-0.05, 0) is 0 Å². The van der Waals surface area contributed by atoms with Gasteiger partial charge in [0.05, 0.1) is 0 Å². The topological polar surface area (TPSA) is 0 Å². The molecule has 0 radical (unpaired) electrons. The van der Waals surface area contributed by atoms with E-state index in [9.17, 15) is 0 Å². The van der Waals surface area contributed by atoms with Crippen molar-refractivity contribution in [3.8, 4) is 0 Å². The molecular formula is C5H12Cu+. The first-order valence-electron chi connectivity index (χ1n) is 2.41. The van der Waals surface area contributed by atoms with Gasteiger partial charge in [-0.1, -0.05) is 33.1 Å². The second kappa shape index (κ2) is 9.10. The van der Waals surface area contributed by atoms with Crippen LogP contribution in [-0.2, 0) is 17.1 Å². The van der Waals surface area contributed by atoms with Gasteiger partial charge in [-0.2, -0.15) is 0 Å². The first-order chi connectivity index (χ1) is 2.41. The van der Waals surface area contributed by atoms with Gasteiger partial charge >= 0.3 is 17.1 Å². The van der Waals surface area contributed by atoms with Crippen LogP contribution in [0.5, 0.6) is 0 Å². The average molecular weight is 136 g/mol. The zero-order chi connectivity index (χ0) is 4.12. The quantitative estimate of drug-likeness (QED) is 0.510. The monoisotopic (exact) mass is 135 g/mol. The Balaban J connectivity index is 0. The normalized spacial score (nSPS) is 7.00. The molecule has 0 N–H and O–H groups in total. The van der Waals surface area contributed by atoms with Gasteiger partial charge in [-0.3, -0.25) is 0 Å². The standard InChI is InChI=1S/C5H12.Cu/c1-3-5-4-2;/h3-5H2,1-2H3;/q;+1. The smallest absolute Gasteiger partial charge is 0.0654 e. The van der Waals surface area contributed by atoms with Crippen molar-refractivity contribution in [2.24, 2.45) is 0 Å². The third-order valence-electron chi connectivity index (χ3n) is 0.707. The van der Waals surface area contributed by atoms with Crippen LogP contribution in [0.2, 0.25) is 0 Å². The minimum atomic E-state index is 0. The third-order valence-corrected chi connectivity index (χ3v) is 0.707. The zero-order valence-electron chi connectivity index (χ0n) is 4.42. The molecule has 0 rings (SSSR count). The Hall–Kier alpha value is 0.519. The molecule has 0 aromatic heterocycles. The van der Waals surface area contributed by atoms with Gasteiger partial charge in [-0.15, -0.1) is 0 Å². The largest absolute Gasteiger partial charge is 1.00 e. The Bertz CT molecular complexity index is 11.4. The van der Waals surface area contributed by atoms with Crippen molar-refractivity contribution in [3.05, 3.63) is 0 Å². The van der Waals surface area contributed by atoms with Crippen LogP contribution in [0, 0.1) is 0 Å². The van der Waals surface area contributed by atoms with Crippen molar-refractivity contribution < 1.29 is 17.1 Å². The fourth-order valence-corrected chi connectivity index (χ4v) is 0.354. The van der Waals surface area contributed by atoms with E-state index in [-0.39, 0.29) is 17.1 Å². The molecule has 0 bridgehead atoms. The van der Waals surface area contributed by atoms with E-state index >= 15 is 0 Å². The first kappa shape index (κ1) is 9.72. The van der Waals surface area contributed by atoms with Crippen molar-refractivity contribution in [3.63, 3.8) is 0 Å². The Labute approximate surface area is 50.8 Å². The summed E-state index contributed by atoms with van der Waals surface area (Å²) in [6.45, 7) is 4.42. The predicted molar refractivity (Wildman–Crippen MR) is 25.2 cm³/mol. The Morgan fingerprint density at radius 1 is 1.00 bits per heavy atom. The molecule has 0 fully saturated rings. The van der Waals surface area contributed by atoms with E-state index < -0.39 is 0 Å². The molecule has 0 aliphatic heterocycles. The Morgan fingerprint density at radius 2 is 1.33 bits per heavy atom. The summed E-state index contributed by atoms with van der Waals surface area (Å²) < 4.78 is 0. The van der Waals surface area contributed by atoms with E-state index in [1.807, 2.05) is 0 Å². The number of rotatable bonds is 2. The van der Waals surface area contributed by atoms with E-state index in [1.54, 1.807) is 0 Å². The molecule has 0 aromatic rings. The van der Waals surface area contributed by atoms with Crippen molar-refractivity contribution >= 4 is 0 Å². The summed E-state index contributed by atoms with van der Waals surface area (Å²) in [5.74, 6) is 0. The van der Waals surface area contributed by atoms with Crippen LogP contribution in [-0.4, -0.2) is 0 Å². The van der Waals surface area contributed by atoms with Crippen LogP contribution in [0.1, 0.15) is 33.1 Å². The predicted octanol–water partition coefficient (Wildman–Crippen LogP) is 2.19. The maximum absolute atomic E-state index is 2.21. The van der Waals surface area contributed by atoms with Gasteiger partial charge in [0.15, 0.2) is 0 Å². The molecule has 0 saturated heterocycles. The van der Waals surface area contributed by atoms with Crippen molar-refractivity contribution in [2.75, 3.05) is 0 Å². The molecule has 0 unspecified atom stereocenters. The third kappa shape index (κ3) is 8.82. The van der Waals surface area contributed by atoms with Gasteiger partial charge in [-0.25, -0.2) is 0 Å². The molecular weight excluding hydrogens is 124 g/mol. The summed E-state index contributed by atoms with van der Waals surface area (Å²) in [6.07, 6.45) is 4.08. The summed E-state index contributed by atoms with van der Waals surface area (Å²) >= 11 is 0. The van der Waals surface area contributed by atoms with E-state index in [0.717, 1.165) is 0 Å². The summed E-state index contributed by atoms with van der Waals surface area (Å²) in [5.41, 5.74) is 0. The Kier molecular flexibility index (Phi) is 14.8. The minimum Gasteiger partial charge on any atom is -0.0654 e. The summed E-state index contributed by atoms with van der Waals surface area (Å²) in [7, 11) is 0. The SMILES string of the molecule is CCCCC.[Cu+]. The van der Waals surface area contributed by atoms with Crippen molar-refractivity contribution in [1.29, 1.82) is 0 Å². The van der Waals surface area contributed by atoms with Crippen LogP contribution >= 0.6 is 0 Å². The minimum absolute atomic E-state index is 0. The molecule has 0 saturated carbocycles. The fourth-order valence-electron chi connectivity index (χ4n) is 0.354. The molecule has 42 valence electrons. The second-order valence-corrected chi connectivity index (χ2v) is 1.35. The van der Waals surface area contributed by atoms with Crippen LogP contribution in [0.4, 0.5) is 0 Å². The van der Waals surface area contributed by atoms with Crippen LogP contribution in [0.15, 0.2) is 0 Å². The molecule has 6 heavy (non-hydrogen) atoms. The summed E-state index contributed by atoms with van der Waals surface area (Å²) in [6, 6.07) is 0. The molecule has 0 spiro atoms. The van der Waals surface area contributed by atoms with Gasteiger partial charge in [0, 0.05) is 0 Å². The van der Waals surface area contributed by atoms with Gasteiger partial charge in [0.25, 0.3) is 0 Å². The molecule has 0 aliphatic rings. The molecule has 1 heteroatoms. The number of hydrogen-bond donors (Lipinski definition) is 0. The molecule has 0 heterocycles. The van der Waals surface area contributed by atoms with E-state index in [1.165, 1.54) is 19.3 Å². The van der Waals surface area contributed by atoms with Crippen LogP contribution in [0.3, 0.4) is 0 Å². The van der Waals surface area contributed by atoms with Crippen LogP contribution in [0.25, 0.3) is 0 Å². The Morgan fingerprint density at radius 3 is 1.33 bits per heavy atom. The summed E-state index contributed by atoms with van der Waals surface area (Å²) in [5, 5.41) is 0. The van der Waals surface area contributed by atoms with Crippen molar-refractivity contribution in [2.45, 2.75) is 33.1 Å². The zero-order valence-corrected chi connectivity index (χ0v) is 5.36. The molecule has 0 nitrogen and oxygen atoms in total. The maximum Gasteiger partial charge on any atom is 1.00 e. The average Bonchev–Trinajstić information content (AvgIpc) is 1.41. The van der Waals surface area contributed by atoms with E-state index in [0.29, 0.717) is 0 Å². The second-order valence-electron chi connectivity index (χ2n) is 1.35. The van der Waals surface area contributed by atoms with Crippen molar-refractivity contribution in [1.82, 2.24) is 0 Å².